The predicted molar refractivity (Wildman–Crippen MR) is 68.0 cm³/mol. The van der Waals surface area contributed by atoms with E-state index in [4.69, 9.17) is 9.47 Å². The summed E-state index contributed by atoms with van der Waals surface area (Å²) in [5.41, 5.74) is 0.0919. The maximum Gasteiger partial charge on any atom is 0.0974 e. The molecule has 3 rings (SSSR count). The van der Waals surface area contributed by atoms with E-state index >= 15 is 0 Å². The molecule has 17 heavy (non-hydrogen) atoms. The molecule has 3 aliphatic rings. The van der Waals surface area contributed by atoms with E-state index in [1.807, 2.05) is 0 Å². The monoisotopic (exact) mass is 238 g/mol. The van der Waals surface area contributed by atoms with Gasteiger partial charge in [-0.3, -0.25) is 0 Å². The van der Waals surface area contributed by atoms with E-state index in [2.05, 4.69) is 20.8 Å². The van der Waals surface area contributed by atoms with Crippen LogP contribution >= 0.6 is 0 Å². The van der Waals surface area contributed by atoms with Gasteiger partial charge in [-0.15, -0.1) is 0 Å². The van der Waals surface area contributed by atoms with Crippen molar-refractivity contribution >= 4 is 0 Å². The summed E-state index contributed by atoms with van der Waals surface area (Å²) in [4.78, 5) is 0. The lowest BCUT2D eigenvalue weighted by atomic mass is 9.70. The molecule has 3 fully saturated rings. The average molecular weight is 238 g/mol. The Labute approximate surface area is 105 Å². The highest BCUT2D eigenvalue weighted by molar-refractivity contribution is 5.07. The van der Waals surface area contributed by atoms with Crippen LogP contribution in [0.1, 0.15) is 59.3 Å². The Kier molecular flexibility index (Phi) is 2.99. The van der Waals surface area contributed by atoms with E-state index in [0.717, 1.165) is 12.3 Å². The summed E-state index contributed by atoms with van der Waals surface area (Å²) in [5, 5.41) is 0. The molecule has 1 aliphatic carbocycles. The van der Waals surface area contributed by atoms with E-state index in [1.165, 1.54) is 32.1 Å². The number of rotatable bonds is 2. The molecule has 1 spiro atoms. The van der Waals surface area contributed by atoms with Crippen molar-refractivity contribution in [2.75, 3.05) is 0 Å². The molecule has 0 radical (unpaired) electrons. The van der Waals surface area contributed by atoms with Gasteiger partial charge in [-0.1, -0.05) is 27.2 Å². The molecule has 2 saturated heterocycles. The van der Waals surface area contributed by atoms with Crippen LogP contribution in [0.25, 0.3) is 0 Å². The highest BCUT2D eigenvalue weighted by Gasteiger charge is 2.58. The first-order chi connectivity index (χ1) is 8.14. The Morgan fingerprint density at radius 3 is 2.76 bits per heavy atom. The maximum atomic E-state index is 6.50. The van der Waals surface area contributed by atoms with E-state index < -0.39 is 0 Å². The topological polar surface area (TPSA) is 18.5 Å². The number of hydrogen-bond donors (Lipinski definition) is 0. The van der Waals surface area contributed by atoms with Crippen LogP contribution in [0.15, 0.2) is 0 Å². The van der Waals surface area contributed by atoms with Crippen molar-refractivity contribution in [1.29, 1.82) is 0 Å². The molecule has 1 saturated carbocycles. The summed E-state index contributed by atoms with van der Waals surface area (Å²) in [6.07, 6.45) is 8.62. The quantitative estimate of drug-likeness (QED) is 0.732. The second-order valence-corrected chi connectivity index (χ2v) is 6.58. The van der Waals surface area contributed by atoms with E-state index in [9.17, 15) is 0 Å². The Morgan fingerprint density at radius 2 is 2.00 bits per heavy atom. The van der Waals surface area contributed by atoms with Crippen molar-refractivity contribution < 1.29 is 9.47 Å². The van der Waals surface area contributed by atoms with Crippen LogP contribution in [0.3, 0.4) is 0 Å². The summed E-state index contributed by atoms with van der Waals surface area (Å²) < 4.78 is 12.8. The molecule has 0 amide bonds. The van der Waals surface area contributed by atoms with Gasteiger partial charge in [0.1, 0.15) is 0 Å². The van der Waals surface area contributed by atoms with Gasteiger partial charge in [0.15, 0.2) is 0 Å². The summed E-state index contributed by atoms with van der Waals surface area (Å²) in [5.74, 6) is 1.46. The van der Waals surface area contributed by atoms with Gasteiger partial charge in [-0.05, 0) is 37.5 Å². The SMILES string of the molecule is CCC[C@H]1CC[C@@H]2O[C@@H]3C[C@]2(C[C@@H](C)[C@H]3C)O1. The van der Waals surface area contributed by atoms with Crippen molar-refractivity contribution in [2.24, 2.45) is 11.8 Å². The van der Waals surface area contributed by atoms with Gasteiger partial charge in [-0.25, -0.2) is 0 Å². The third kappa shape index (κ3) is 1.84. The van der Waals surface area contributed by atoms with Crippen molar-refractivity contribution in [3.05, 3.63) is 0 Å². The molecule has 2 heteroatoms. The normalized spacial score (nSPS) is 53.5. The Balaban J connectivity index is 1.78. The van der Waals surface area contributed by atoms with Crippen LogP contribution < -0.4 is 0 Å². The van der Waals surface area contributed by atoms with Gasteiger partial charge in [0.25, 0.3) is 0 Å². The predicted octanol–water partition coefficient (Wildman–Crippen LogP) is 3.54. The zero-order chi connectivity index (χ0) is 12.0. The van der Waals surface area contributed by atoms with Gasteiger partial charge in [0, 0.05) is 6.42 Å². The lowest BCUT2D eigenvalue weighted by molar-refractivity contribution is -0.170. The van der Waals surface area contributed by atoms with E-state index in [-0.39, 0.29) is 5.60 Å². The molecule has 0 unspecified atom stereocenters. The molecule has 0 aromatic carbocycles. The standard InChI is InChI=1S/C15H26O2/c1-4-5-12-6-7-14-15(17-12)8-10(2)11(3)13(9-15)16-14/h10-14H,4-9H2,1-3H3/t10-,11-,12+,13-,14+,15+/m1/s1. The Bertz CT molecular complexity index is 291. The van der Waals surface area contributed by atoms with Crippen molar-refractivity contribution in [3.63, 3.8) is 0 Å². The largest absolute Gasteiger partial charge is 0.372 e. The zero-order valence-corrected chi connectivity index (χ0v) is 11.4. The van der Waals surface area contributed by atoms with Gasteiger partial charge < -0.3 is 9.47 Å². The van der Waals surface area contributed by atoms with Crippen LogP contribution in [0.2, 0.25) is 0 Å². The third-order valence-corrected chi connectivity index (χ3v) is 5.39. The molecule has 2 aliphatic heterocycles. The summed E-state index contributed by atoms with van der Waals surface area (Å²) >= 11 is 0. The van der Waals surface area contributed by atoms with E-state index in [1.54, 1.807) is 0 Å². The summed E-state index contributed by atoms with van der Waals surface area (Å²) in [7, 11) is 0. The van der Waals surface area contributed by atoms with Crippen molar-refractivity contribution in [3.8, 4) is 0 Å². The minimum Gasteiger partial charge on any atom is -0.372 e. The molecule has 2 nitrogen and oxygen atoms in total. The molecule has 2 bridgehead atoms. The van der Waals surface area contributed by atoms with Crippen LogP contribution in [-0.2, 0) is 9.47 Å². The highest BCUT2D eigenvalue weighted by atomic mass is 16.6. The second-order valence-electron chi connectivity index (χ2n) is 6.58. The molecular formula is C15H26O2. The Morgan fingerprint density at radius 1 is 1.18 bits per heavy atom. The summed E-state index contributed by atoms with van der Waals surface area (Å²) in [6, 6.07) is 0. The average Bonchev–Trinajstić information content (AvgIpc) is 2.61. The third-order valence-electron chi connectivity index (χ3n) is 5.39. The molecule has 98 valence electrons. The number of hydrogen-bond acceptors (Lipinski definition) is 2. The van der Waals surface area contributed by atoms with Crippen LogP contribution in [-0.4, -0.2) is 23.9 Å². The molecular weight excluding hydrogens is 212 g/mol. The van der Waals surface area contributed by atoms with Crippen LogP contribution in [0, 0.1) is 11.8 Å². The second kappa shape index (κ2) is 4.24. The van der Waals surface area contributed by atoms with Crippen LogP contribution in [0.5, 0.6) is 0 Å². The van der Waals surface area contributed by atoms with Crippen molar-refractivity contribution in [1.82, 2.24) is 0 Å². The fraction of sp³-hybridized carbons (Fsp3) is 1.00. The lowest BCUT2D eigenvalue weighted by Gasteiger charge is -2.45. The molecule has 0 aromatic rings. The lowest BCUT2D eigenvalue weighted by Crippen LogP contribution is -2.51. The number of fused-ring (bicyclic) bond motifs is 1. The molecule has 0 N–H and O–H groups in total. The molecule has 6 atom stereocenters. The van der Waals surface area contributed by atoms with Crippen LogP contribution in [0.4, 0.5) is 0 Å². The maximum absolute atomic E-state index is 6.50. The van der Waals surface area contributed by atoms with Gasteiger partial charge in [0.2, 0.25) is 0 Å². The van der Waals surface area contributed by atoms with Gasteiger partial charge in [0.05, 0.1) is 23.9 Å². The van der Waals surface area contributed by atoms with Gasteiger partial charge in [-0.2, -0.15) is 0 Å². The number of ether oxygens (including phenoxy) is 2. The van der Waals surface area contributed by atoms with Crippen molar-refractivity contribution in [2.45, 2.75) is 83.2 Å². The zero-order valence-electron chi connectivity index (χ0n) is 11.4. The van der Waals surface area contributed by atoms with E-state index in [0.29, 0.717) is 24.2 Å². The molecule has 0 aromatic heterocycles. The summed E-state index contributed by atoms with van der Waals surface area (Å²) in [6.45, 7) is 6.98. The highest BCUT2D eigenvalue weighted by Crippen LogP contribution is 2.52. The first-order valence-corrected chi connectivity index (χ1v) is 7.48. The fourth-order valence-corrected chi connectivity index (χ4v) is 4.23. The first kappa shape index (κ1) is 12.0. The minimum atomic E-state index is 0.0919. The first-order valence-electron chi connectivity index (χ1n) is 7.48. The smallest absolute Gasteiger partial charge is 0.0974 e. The van der Waals surface area contributed by atoms with Gasteiger partial charge >= 0.3 is 0 Å². The fourth-order valence-electron chi connectivity index (χ4n) is 4.23. The Hall–Kier alpha value is -0.0800. The molecule has 2 heterocycles. The minimum absolute atomic E-state index is 0.0919.